The molecular weight excluding hydrogens is 348 g/mol. The van der Waals surface area contributed by atoms with Gasteiger partial charge in [0.05, 0.1) is 7.11 Å². The summed E-state index contributed by atoms with van der Waals surface area (Å²) in [6.45, 7) is 1.33. The predicted molar refractivity (Wildman–Crippen MR) is 98.9 cm³/mol. The maximum atomic E-state index is 12.6. The second-order valence-corrected chi connectivity index (χ2v) is 7.28. The van der Waals surface area contributed by atoms with E-state index in [9.17, 15) is 9.59 Å². The number of aliphatic carboxylic acids is 1. The van der Waals surface area contributed by atoms with Gasteiger partial charge in [-0.15, -0.1) is 0 Å². The molecule has 1 amide bonds. The van der Waals surface area contributed by atoms with Crippen molar-refractivity contribution in [2.24, 2.45) is 0 Å². The number of amides is 1. The van der Waals surface area contributed by atoms with Gasteiger partial charge in [-0.1, -0.05) is 0 Å². The van der Waals surface area contributed by atoms with E-state index in [4.69, 9.17) is 14.6 Å². The number of fused-ring (bicyclic) bond motifs is 1. The Morgan fingerprint density at radius 3 is 2.59 bits per heavy atom. The zero-order chi connectivity index (χ0) is 19.0. The van der Waals surface area contributed by atoms with E-state index in [-0.39, 0.29) is 5.91 Å². The summed E-state index contributed by atoms with van der Waals surface area (Å²) >= 11 is 0. The highest BCUT2D eigenvalue weighted by Crippen LogP contribution is 2.35. The van der Waals surface area contributed by atoms with Gasteiger partial charge in [-0.25, -0.2) is 4.79 Å². The average Bonchev–Trinajstić information content (AvgIpc) is 3.34. The molecule has 0 aliphatic carbocycles. The average molecular weight is 372 g/mol. The first-order valence-corrected chi connectivity index (χ1v) is 9.39. The molecule has 0 radical (unpaired) electrons. The maximum absolute atomic E-state index is 12.6. The monoisotopic (exact) mass is 372 g/mol. The quantitative estimate of drug-likeness (QED) is 0.860. The van der Waals surface area contributed by atoms with Crippen LogP contribution in [0.4, 0.5) is 0 Å². The Bertz CT molecular complexity index is 853. The number of hydrogen-bond acceptors (Lipinski definition) is 4. The minimum absolute atomic E-state index is 0.0715. The Hall–Kier alpha value is -2.54. The van der Waals surface area contributed by atoms with Crippen LogP contribution in [0.15, 0.2) is 24.4 Å². The van der Waals surface area contributed by atoms with Gasteiger partial charge in [0.2, 0.25) is 0 Å². The van der Waals surface area contributed by atoms with Gasteiger partial charge in [0.25, 0.3) is 5.91 Å². The molecule has 0 unspecified atom stereocenters. The molecule has 144 valence electrons. The lowest BCUT2D eigenvalue weighted by Crippen LogP contribution is -2.43. The molecule has 2 N–H and O–H groups in total. The lowest BCUT2D eigenvalue weighted by Gasteiger charge is -2.33. The summed E-state index contributed by atoms with van der Waals surface area (Å²) in [4.78, 5) is 28.8. The van der Waals surface area contributed by atoms with Gasteiger partial charge in [-0.05, 0) is 55.4 Å². The normalized spacial score (nSPS) is 23.7. The minimum atomic E-state index is -0.987. The number of piperidine rings is 1. The Morgan fingerprint density at radius 1 is 1.19 bits per heavy atom. The number of hydrogen-bond donors (Lipinski definition) is 2. The van der Waals surface area contributed by atoms with Gasteiger partial charge in [-0.2, -0.15) is 0 Å². The molecule has 7 nitrogen and oxygen atoms in total. The SMILES string of the molecule is COc1ccc2[nH]cc(C3CCN(C(=O)[C@@H]4CC[C@H](C(=O)O)O4)CC3)c2c1. The number of rotatable bonds is 4. The molecule has 2 atom stereocenters. The van der Waals surface area contributed by atoms with Crippen LogP contribution in [0.1, 0.15) is 37.2 Å². The van der Waals surface area contributed by atoms with Crippen LogP contribution in [0.5, 0.6) is 5.75 Å². The Labute approximate surface area is 157 Å². The van der Waals surface area contributed by atoms with Crippen LogP contribution >= 0.6 is 0 Å². The van der Waals surface area contributed by atoms with Crippen molar-refractivity contribution in [3.63, 3.8) is 0 Å². The number of aromatic amines is 1. The fraction of sp³-hybridized carbons (Fsp3) is 0.500. The maximum Gasteiger partial charge on any atom is 0.332 e. The number of nitrogens with zero attached hydrogens (tertiary/aromatic N) is 1. The smallest absolute Gasteiger partial charge is 0.332 e. The number of benzene rings is 1. The molecule has 27 heavy (non-hydrogen) atoms. The summed E-state index contributed by atoms with van der Waals surface area (Å²) < 4.78 is 10.8. The predicted octanol–water partition coefficient (Wildman–Crippen LogP) is 2.51. The second kappa shape index (κ2) is 7.23. The lowest BCUT2D eigenvalue weighted by atomic mass is 9.89. The lowest BCUT2D eigenvalue weighted by molar-refractivity contribution is -0.155. The molecular formula is C20H24N2O5. The van der Waals surface area contributed by atoms with E-state index in [1.54, 1.807) is 7.11 Å². The largest absolute Gasteiger partial charge is 0.497 e. The van der Waals surface area contributed by atoms with Crippen molar-refractivity contribution in [3.05, 3.63) is 30.0 Å². The van der Waals surface area contributed by atoms with Crippen molar-refractivity contribution >= 4 is 22.8 Å². The van der Waals surface area contributed by atoms with Crippen LogP contribution in [-0.2, 0) is 14.3 Å². The number of carboxylic acids is 1. The molecule has 0 bridgehead atoms. The first-order valence-electron chi connectivity index (χ1n) is 9.39. The topological polar surface area (TPSA) is 91.9 Å². The Balaban J connectivity index is 1.41. The number of H-pyrrole nitrogens is 1. The summed E-state index contributed by atoms with van der Waals surface area (Å²) in [7, 11) is 1.66. The molecule has 2 aliphatic heterocycles. The summed E-state index contributed by atoms with van der Waals surface area (Å²) in [6.07, 6.45) is 3.24. The van der Waals surface area contributed by atoms with E-state index in [0.29, 0.717) is 31.8 Å². The Morgan fingerprint density at radius 2 is 1.93 bits per heavy atom. The van der Waals surface area contributed by atoms with Gasteiger partial charge in [-0.3, -0.25) is 4.79 Å². The van der Waals surface area contributed by atoms with Crippen LogP contribution in [0.25, 0.3) is 10.9 Å². The first-order chi connectivity index (χ1) is 13.1. The number of carbonyl (C=O) groups is 2. The molecule has 0 saturated carbocycles. The third-order valence-corrected chi connectivity index (χ3v) is 5.74. The minimum Gasteiger partial charge on any atom is -0.497 e. The van der Waals surface area contributed by atoms with Crippen molar-refractivity contribution in [1.29, 1.82) is 0 Å². The van der Waals surface area contributed by atoms with Crippen LogP contribution in [0, 0.1) is 0 Å². The highest BCUT2D eigenvalue weighted by Gasteiger charge is 2.37. The number of likely N-dealkylation sites (tertiary alicyclic amines) is 1. The van der Waals surface area contributed by atoms with Crippen LogP contribution < -0.4 is 4.74 Å². The highest BCUT2D eigenvalue weighted by atomic mass is 16.5. The van der Waals surface area contributed by atoms with E-state index in [0.717, 1.165) is 24.1 Å². The fourth-order valence-electron chi connectivity index (χ4n) is 4.20. The van der Waals surface area contributed by atoms with Crippen molar-refractivity contribution in [2.45, 2.75) is 43.8 Å². The molecule has 0 spiro atoms. The van der Waals surface area contributed by atoms with Gasteiger partial charge >= 0.3 is 5.97 Å². The molecule has 2 saturated heterocycles. The fourth-order valence-corrected chi connectivity index (χ4v) is 4.20. The molecule has 1 aromatic heterocycles. The molecule has 2 aromatic rings. The van der Waals surface area contributed by atoms with Gasteiger partial charge in [0.15, 0.2) is 6.10 Å². The van der Waals surface area contributed by atoms with E-state index < -0.39 is 18.2 Å². The molecule has 3 heterocycles. The number of aromatic nitrogens is 1. The standard InChI is InChI=1S/C20H24N2O5/c1-26-13-2-3-16-14(10-13)15(11-21-16)12-6-8-22(9-7-12)19(23)17-4-5-18(27-17)20(24)25/h2-3,10-12,17-18,21H,4-9H2,1H3,(H,24,25)/t17-,18+/m0/s1. The van der Waals surface area contributed by atoms with E-state index >= 15 is 0 Å². The molecule has 7 heteroatoms. The van der Waals surface area contributed by atoms with Crippen molar-refractivity contribution in [1.82, 2.24) is 9.88 Å². The highest BCUT2D eigenvalue weighted by molar-refractivity contribution is 5.85. The third-order valence-electron chi connectivity index (χ3n) is 5.74. The molecule has 2 fully saturated rings. The second-order valence-electron chi connectivity index (χ2n) is 7.28. The third kappa shape index (κ3) is 3.39. The van der Waals surface area contributed by atoms with Crippen LogP contribution in [0.3, 0.4) is 0 Å². The van der Waals surface area contributed by atoms with Crippen molar-refractivity contribution in [2.75, 3.05) is 20.2 Å². The molecule has 2 aliphatic rings. The summed E-state index contributed by atoms with van der Waals surface area (Å²) in [5.41, 5.74) is 2.35. The zero-order valence-electron chi connectivity index (χ0n) is 15.3. The van der Waals surface area contributed by atoms with E-state index in [2.05, 4.69) is 17.2 Å². The van der Waals surface area contributed by atoms with Crippen LogP contribution in [0.2, 0.25) is 0 Å². The van der Waals surface area contributed by atoms with E-state index in [1.165, 1.54) is 10.9 Å². The number of methoxy groups -OCH3 is 1. The zero-order valence-corrected chi connectivity index (χ0v) is 15.3. The van der Waals surface area contributed by atoms with E-state index in [1.807, 2.05) is 17.0 Å². The van der Waals surface area contributed by atoms with Gasteiger partial charge < -0.3 is 24.5 Å². The number of ether oxygens (including phenoxy) is 2. The first kappa shape index (κ1) is 17.9. The van der Waals surface area contributed by atoms with Crippen molar-refractivity contribution in [3.8, 4) is 5.75 Å². The number of carboxylic acid groups (broad SMARTS) is 1. The number of carbonyl (C=O) groups excluding carboxylic acids is 1. The number of nitrogens with one attached hydrogen (secondary N) is 1. The van der Waals surface area contributed by atoms with Crippen LogP contribution in [-0.4, -0.2) is 59.3 Å². The summed E-state index contributed by atoms with van der Waals surface area (Å²) in [5.74, 6) is 0.157. The molecule has 1 aromatic carbocycles. The summed E-state index contributed by atoms with van der Waals surface area (Å²) in [6, 6.07) is 6.01. The van der Waals surface area contributed by atoms with Gasteiger partial charge in [0, 0.05) is 30.2 Å². The summed E-state index contributed by atoms with van der Waals surface area (Å²) in [5, 5.41) is 10.2. The van der Waals surface area contributed by atoms with Gasteiger partial charge in [0.1, 0.15) is 11.9 Å². The van der Waals surface area contributed by atoms with Crippen molar-refractivity contribution < 1.29 is 24.2 Å². The molecule has 4 rings (SSSR count). The Kier molecular flexibility index (Phi) is 4.78.